The molecule has 1 aromatic carbocycles. The number of benzene rings is 1. The topological polar surface area (TPSA) is 65.4 Å². The van der Waals surface area contributed by atoms with Crippen LogP contribution in [0, 0.1) is 0 Å². The van der Waals surface area contributed by atoms with Crippen LogP contribution in [0.1, 0.15) is 28.3 Å². The number of rotatable bonds is 5. The summed E-state index contributed by atoms with van der Waals surface area (Å²) >= 11 is 1.67. The Morgan fingerprint density at radius 2 is 2.15 bits per heavy atom. The van der Waals surface area contributed by atoms with E-state index in [4.69, 9.17) is 9.47 Å². The normalized spacial score (nSPS) is 16.1. The van der Waals surface area contributed by atoms with Crippen molar-refractivity contribution in [1.29, 1.82) is 0 Å². The van der Waals surface area contributed by atoms with Gasteiger partial charge >= 0.3 is 0 Å². The average molecular weight is 369 g/mol. The molecule has 1 N–H and O–H groups in total. The predicted octanol–water partition coefficient (Wildman–Crippen LogP) is 3.48. The molecule has 0 bridgehead atoms. The second-order valence-corrected chi connectivity index (χ2v) is 7.13. The fourth-order valence-corrected chi connectivity index (χ4v) is 4.01. The standard InChI is InChI=1S/C19H19N3O3S/c1-24-12-5-6-14(17(8-12)25-2)15-9-18(23)21-19-16(15)10-20-22(19)11-13-4-3-7-26-13/h3-8,10,15H,9,11H2,1-2H3,(H,21,23). The summed E-state index contributed by atoms with van der Waals surface area (Å²) in [5, 5.41) is 9.53. The zero-order valence-electron chi connectivity index (χ0n) is 14.6. The van der Waals surface area contributed by atoms with E-state index in [0.717, 1.165) is 22.7 Å². The van der Waals surface area contributed by atoms with Crippen LogP contribution in [0.15, 0.2) is 41.9 Å². The van der Waals surface area contributed by atoms with Crippen LogP contribution >= 0.6 is 11.3 Å². The van der Waals surface area contributed by atoms with Crippen LogP contribution < -0.4 is 14.8 Å². The van der Waals surface area contributed by atoms with Gasteiger partial charge in [0.05, 0.1) is 27.0 Å². The first kappa shape index (κ1) is 16.7. The Bertz CT molecular complexity index is 934. The Morgan fingerprint density at radius 1 is 1.27 bits per heavy atom. The maximum atomic E-state index is 12.4. The first-order chi connectivity index (χ1) is 12.7. The molecule has 0 radical (unpaired) electrons. The molecule has 0 saturated carbocycles. The molecule has 1 atom stereocenters. The Kier molecular flexibility index (Phi) is 4.38. The van der Waals surface area contributed by atoms with Crippen LogP contribution in [0.3, 0.4) is 0 Å². The lowest BCUT2D eigenvalue weighted by Crippen LogP contribution is -2.25. The van der Waals surface area contributed by atoms with Crippen molar-refractivity contribution in [3.63, 3.8) is 0 Å². The van der Waals surface area contributed by atoms with Gasteiger partial charge in [-0.1, -0.05) is 12.1 Å². The maximum absolute atomic E-state index is 12.4. The van der Waals surface area contributed by atoms with E-state index in [2.05, 4.69) is 16.5 Å². The molecule has 7 heteroatoms. The Labute approximate surface area is 155 Å². The summed E-state index contributed by atoms with van der Waals surface area (Å²) < 4.78 is 12.7. The zero-order valence-corrected chi connectivity index (χ0v) is 15.4. The minimum Gasteiger partial charge on any atom is -0.497 e. The van der Waals surface area contributed by atoms with Gasteiger partial charge in [-0.2, -0.15) is 5.10 Å². The minimum atomic E-state index is -0.100. The summed E-state index contributed by atoms with van der Waals surface area (Å²) in [5.74, 6) is 2.07. The van der Waals surface area contributed by atoms with Gasteiger partial charge in [-0.15, -0.1) is 11.3 Å². The summed E-state index contributed by atoms with van der Waals surface area (Å²) in [7, 11) is 3.25. The van der Waals surface area contributed by atoms with E-state index in [0.29, 0.717) is 18.7 Å². The van der Waals surface area contributed by atoms with Gasteiger partial charge in [0, 0.05) is 34.4 Å². The highest BCUT2D eigenvalue weighted by molar-refractivity contribution is 7.09. The van der Waals surface area contributed by atoms with E-state index in [1.165, 1.54) is 4.88 Å². The number of carbonyl (C=O) groups is 1. The van der Waals surface area contributed by atoms with Crippen molar-refractivity contribution in [3.8, 4) is 11.5 Å². The number of methoxy groups -OCH3 is 2. The number of hydrogen-bond acceptors (Lipinski definition) is 5. The summed E-state index contributed by atoms with van der Waals surface area (Å²) in [6, 6.07) is 9.77. The number of nitrogens with zero attached hydrogens (tertiary/aromatic N) is 2. The third-order valence-corrected chi connectivity index (χ3v) is 5.45. The molecular weight excluding hydrogens is 350 g/mol. The number of carbonyl (C=O) groups excluding carboxylic acids is 1. The molecule has 0 fully saturated rings. The van der Waals surface area contributed by atoms with Gasteiger partial charge in [-0.05, 0) is 17.5 Å². The van der Waals surface area contributed by atoms with E-state index >= 15 is 0 Å². The number of fused-ring (bicyclic) bond motifs is 1. The van der Waals surface area contributed by atoms with E-state index in [1.807, 2.05) is 40.5 Å². The third-order valence-electron chi connectivity index (χ3n) is 4.59. The number of hydrogen-bond donors (Lipinski definition) is 1. The second kappa shape index (κ2) is 6.84. The number of amides is 1. The Balaban J connectivity index is 1.74. The van der Waals surface area contributed by atoms with Crippen molar-refractivity contribution in [2.45, 2.75) is 18.9 Å². The Hall–Kier alpha value is -2.80. The molecule has 26 heavy (non-hydrogen) atoms. The molecule has 6 nitrogen and oxygen atoms in total. The molecule has 2 aromatic heterocycles. The number of thiophene rings is 1. The largest absolute Gasteiger partial charge is 0.497 e. The molecule has 4 rings (SSSR count). The van der Waals surface area contributed by atoms with Gasteiger partial charge in [0.15, 0.2) is 0 Å². The lowest BCUT2D eigenvalue weighted by atomic mass is 9.86. The van der Waals surface area contributed by atoms with Crippen molar-refractivity contribution >= 4 is 23.1 Å². The lowest BCUT2D eigenvalue weighted by Gasteiger charge is -2.25. The molecule has 134 valence electrons. The van der Waals surface area contributed by atoms with Crippen LogP contribution in [0.2, 0.25) is 0 Å². The van der Waals surface area contributed by atoms with Gasteiger partial charge in [0.1, 0.15) is 17.3 Å². The molecule has 1 aliphatic heterocycles. The average Bonchev–Trinajstić information content (AvgIpc) is 3.31. The monoisotopic (exact) mass is 369 g/mol. The quantitative estimate of drug-likeness (QED) is 0.748. The third kappa shape index (κ3) is 2.94. The Morgan fingerprint density at radius 3 is 2.88 bits per heavy atom. The molecule has 1 unspecified atom stereocenters. The summed E-state index contributed by atoms with van der Waals surface area (Å²) in [5.41, 5.74) is 1.96. The summed E-state index contributed by atoms with van der Waals surface area (Å²) in [4.78, 5) is 13.6. The van der Waals surface area contributed by atoms with Crippen LogP contribution in [-0.4, -0.2) is 29.9 Å². The first-order valence-electron chi connectivity index (χ1n) is 8.29. The highest BCUT2D eigenvalue weighted by atomic mass is 32.1. The number of aromatic nitrogens is 2. The van der Waals surface area contributed by atoms with E-state index in [-0.39, 0.29) is 11.8 Å². The summed E-state index contributed by atoms with van der Waals surface area (Å²) in [6.07, 6.45) is 2.21. The SMILES string of the molecule is COc1ccc(C2CC(=O)Nc3c2cnn3Cc2cccs2)c(OC)c1. The van der Waals surface area contributed by atoms with Crippen molar-refractivity contribution in [2.24, 2.45) is 0 Å². The van der Waals surface area contributed by atoms with Crippen LogP contribution in [-0.2, 0) is 11.3 Å². The second-order valence-electron chi connectivity index (χ2n) is 6.10. The van der Waals surface area contributed by atoms with Crippen molar-refractivity contribution < 1.29 is 14.3 Å². The maximum Gasteiger partial charge on any atom is 0.226 e. The van der Waals surface area contributed by atoms with Crippen molar-refractivity contribution in [1.82, 2.24) is 9.78 Å². The van der Waals surface area contributed by atoms with Gasteiger partial charge in [0.2, 0.25) is 5.91 Å². The highest BCUT2D eigenvalue weighted by Gasteiger charge is 2.31. The van der Waals surface area contributed by atoms with Gasteiger partial charge in [0.25, 0.3) is 0 Å². The lowest BCUT2D eigenvalue weighted by molar-refractivity contribution is -0.116. The number of nitrogens with one attached hydrogen (secondary N) is 1. The minimum absolute atomic E-state index is 0.0201. The molecule has 3 aromatic rings. The van der Waals surface area contributed by atoms with Crippen molar-refractivity contribution in [2.75, 3.05) is 19.5 Å². The fraction of sp³-hybridized carbons (Fsp3) is 0.263. The van der Waals surface area contributed by atoms with E-state index in [9.17, 15) is 4.79 Å². The van der Waals surface area contributed by atoms with Crippen LogP contribution in [0.25, 0.3) is 0 Å². The number of ether oxygens (including phenoxy) is 2. The molecule has 0 saturated heterocycles. The van der Waals surface area contributed by atoms with Gasteiger partial charge in [-0.25, -0.2) is 4.68 Å². The smallest absolute Gasteiger partial charge is 0.226 e. The van der Waals surface area contributed by atoms with Crippen LogP contribution in [0.5, 0.6) is 11.5 Å². The number of anilines is 1. The highest BCUT2D eigenvalue weighted by Crippen LogP contribution is 2.41. The predicted molar refractivity (Wildman–Crippen MR) is 100 cm³/mol. The zero-order chi connectivity index (χ0) is 18.1. The van der Waals surface area contributed by atoms with E-state index in [1.54, 1.807) is 25.6 Å². The van der Waals surface area contributed by atoms with Crippen molar-refractivity contribution in [3.05, 3.63) is 57.9 Å². The fourth-order valence-electron chi connectivity index (χ4n) is 3.32. The van der Waals surface area contributed by atoms with Crippen LogP contribution in [0.4, 0.5) is 5.82 Å². The molecule has 0 aliphatic carbocycles. The molecule has 0 spiro atoms. The van der Waals surface area contributed by atoms with Gasteiger partial charge < -0.3 is 14.8 Å². The van der Waals surface area contributed by atoms with E-state index < -0.39 is 0 Å². The van der Waals surface area contributed by atoms with Gasteiger partial charge in [-0.3, -0.25) is 4.79 Å². The molecular formula is C19H19N3O3S. The molecule has 1 aliphatic rings. The first-order valence-corrected chi connectivity index (χ1v) is 9.17. The molecule has 3 heterocycles. The summed E-state index contributed by atoms with van der Waals surface area (Å²) in [6.45, 7) is 0.639. The molecule has 1 amide bonds.